The van der Waals surface area contributed by atoms with E-state index in [0.717, 1.165) is 18.4 Å². The minimum Gasteiger partial charge on any atom is -0.264 e. The Kier molecular flexibility index (Phi) is 4.54. The lowest BCUT2D eigenvalue weighted by atomic mass is 10.0. The molecule has 1 aliphatic rings. The predicted octanol–water partition coefficient (Wildman–Crippen LogP) is 1.49. The van der Waals surface area contributed by atoms with Gasteiger partial charge in [0.25, 0.3) is 10.2 Å². The van der Waals surface area contributed by atoms with E-state index in [1.165, 1.54) is 4.31 Å². The molecule has 0 N–H and O–H groups in total. The van der Waals surface area contributed by atoms with Gasteiger partial charge in [-0.3, -0.25) is 4.98 Å². The van der Waals surface area contributed by atoms with Crippen molar-refractivity contribution in [1.29, 1.82) is 0 Å². The van der Waals surface area contributed by atoms with Crippen molar-refractivity contribution < 1.29 is 8.42 Å². The Hall–Kier alpha value is -0.980. The Labute approximate surface area is 115 Å². The highest BCUT2D eigenvalue weighted by atomic mass is 32.2. The van der Waals surface area contributed by atoms with Crippen LogP contribution in [0.15, 0.2) is 24.5 Å². The van der Waals surface area contributed by atoms with Gasteiger partial charge in [0, 0.05) is 39.1 Å². The minimum atomic E-state index is -3.35. The molecule has 0 aliphatic carbocycles. The quantitative estimate of drug-likeness (QED) is 0.841. The van der Waals surface area contributed by atoms with Crippen molar-refractivity contribution in [2.45, 2.75) is 26.3 Å². The second-order valence-corrected chi connectivity index (χ2v) is 7.27. The molecule has 19 heavy (non-hydrogen) atoms. The highest BCUT2D eigenvalue weighted by Gasteiger charge is 2.30. The molecule has 0 amide bonds. The topological polar surface area (TPSA) is 53.5 Å². The van der Waals surface area contributed by atoms with Crippen LogP contribution >= 0.6 is 0 Å². The average Bonchev–Trinajstić information content (AvgIpc) is 2.40. The lowest BCUT2D eigenvalue weighted by Crippen LogP contribution is -2.45. The molecule has 0 saturated carbocycles. The average molecular weight is 283 g/mol. The van der Waals surface area contributed by atoms with Crippen molar-refractivity contribution in [3.05, 3.63) is 30.1 Å². The maximum absolute atomic E-state index is 12.5. The Balaban J connectivity index is 2.06. The SMILES string of the molecule is C[C@H]1CCCN(S(=O)(=O)N(C)Cc2cccnc2)C1. The summed E-state index contributed by atoms with van der Waals surface area (Å²) in [6, 6.07) is 3.70. The third-order valence-electron chi connectivity index (χ3n) is 3.47. The zero-order valence-electron chi connectivity index (χ0n) is 11.5. The van der Waals surface area contributed by atoms with Crippen molar-refractivity contribution in [3.8, 4) is 0 Å². The van der Waals surface area contributed by atoms with Gasteiger partial charge >= 0.3 is 0 Å². The highest BCUT2D eigenvalue weighted by molar-refractivity contribution is 7.86. The van der Waals surface area contributed by atoms with Crippen molar-refractivity contribution >= 4 is 10.2 Å². The third-order valence-corrected chi connectivity index (χ3v) is 5.37. The van der Waals surface area contributed by atoms with Gasteiger partial charge in [-0.1, -0.05) is 13.0 Å². The summed E-state index contributed by atoms with van der Waals surface area (Å²) in [5.74, 6) is 0.440. The first kappa shape index (κ1) is 14.4. The van der Waals surface area contributed by atoms with Crippen LogP contribution in [0.5, 0.6) is 0 Å². The van der Waals surface area contributed by atoms with E-state index in [1.807, 2.05) is 12.1 Å². The number of nitrogens with zero attached hydrogens (tertiary/aromatic N) is 3. The van der Waals surface area contributed by atoms with E-state index in [2.05, 4.69) is 11.9 Å². The fourth-order valence-corrected chi connectivity index (χ4v) is 3.89. The maximum atomic E-state index is 12.5. The minimum absolute atomic E-state index is 0.362. The molecule has 0 spiro atoms. The highest BCUT2D eigenvalue weighted by Crippen LogP contribution is 2.20. The fraction of sp³-hybridized carbons (Fsp3) is 0.615. The van der Waals surface area contributed by atoms with E-state index >= 15 is 0 Å². The van der Waals surface area contributed by atoms with Crippen molar-refractivity contribution in [1.82, 2.24) is 13.6 Å². The van der Waals surface area contributed by atoms with Crippen LogP contribution in [-0.2, 0) is 16.8 Å². The van der Waals surface area contributed by atoms with E-state index in [1.54, 1.807) is 23.7 Å². The smallest absolute Gasteiger partial charge is 0.264 e. The summed E-state index contributed by atoms with van der Waals surface area (Å²) < 4.78 is 27.9. The molecule has 0 bridgehead atoms. The summed E-state index contributed by atoms with van der Waals surface area (Å²) in [6.45, 7) is 3.72. The van der Waals surface area contributed by atoms with Crippen LogP contribution in [0, 0.1) is 5.92 Å². The van der Waals surface area contributed by atoms with Crippen LogP contribution in [0.4, 0.5) is 0 Å². The molecule has 5 nitrogen and oxygen atoms in total. The monoisotopic (exact) mass is 283 g/mol. The summed E-state index contributed by atoms with van der Waals surface area (Å²) >= 11 is 0. The van der Waals surface area contributed by atoms with Gasteiger partial charge in [-0.25, -0.2) is 0 Å². The second kappa shape index (κ2) is 5.98. The van der Waals surface area contributed by atoms with Gasteiger partial charge in [0.1, 0.15) is 0 Å². The molecular weight excluding hydrogens is 262 g/mol. The number of pyridine rings is 1. The van der Waals surface area contributed by atoms with Crippen LogP contribution in [-0.4, -0.2) is 42.1 Å². The molecule has 6 heteroatoms. The van der Waals surface area contributed by atoms with E-state index < -0.39 is 10.2 Å². The first-order valence-electron chi connectivity index (χ1n) is 6.60. The van der Waals surface area contributed by atoms with E-state index in [-0.39, 0.29) is 0 Å². The normalized spacial score (nSPS) is 21.7. The van der Waals surface area contributed by atoms with E-state index in [9.17, 15) is 8.42 Å². The number of hydrogen-bond donors (Lipinski definition) is 0. The zero-order chi connectivity index (χ0) is 13.9. The molecule has 2 rings (SSSR count). The molecule has 1 atom stereocenters. The van der Waals surface area contributed by atoms with Crippen LogP contribution in [0.2, 0.25) is 0 Å². The molecule has 2 heterocycles. The van der Waals surface area contributed by atoms with Gasteiger partial charge in [-0.2, -0.15) is 17.0 Å². The summed E-state index contributed by atoms with van der Waals surface area (Å²) in [6.07, 6.45) is 5.44. The number of aromatic nitrogens is 1. The molecule has 1 saturated heterocycles. The molecule has 1 aromatic rings. The van der Waals surface area contributed by atoms with Crippen LogP contribution in [0.3, 0.4) is 0 Å². The molecule has 1 fully saturated rings. The van der Waals surface area contributed by atoms with Crippen LogP contribution in [0.1, 0.15) is 25.3 Å². The maximum Gasteiger partial charge on any atom is 0.282 e. The van der Waals surface area contributed by atoms with Gasteiger partial charge in [-0.15, -0.1) is 0 Å². The van der Waals surface area contributed by atoms with Gasteiger partial charge in [0.15, 0.2) is 0 Å². The summed E-state index contributed by atoms with van der Waals surface area (Å²) in [7, 11) is -1.73. The predicted molar refractivity (Wildman–Crippen MR) is 74.6 cm³/mol. The Morgan fingerprint density at radius 1 is 1.53 bits per heavy atom. The largest absolute Gasteiger partial charge is 0.282 e. The fourth-order valence-electron chi connectivity index (χ4n) is 2.38. The molecule has 106 valence electrons. The van der Waals surface area contributed by atoms with Gasteiger partial charge < -0.3 is 0 Å². The number of rotatable bonds is 4. The number of piperidine rings is 1. The molecular formula is C13H21N3O2S. The van der Waals surface area contributed by atoms with Gasteiger partial charge in [0.2, 0.25) is 0 Å². The first-order valence-corrected chi connectivity index (χ1v) is 8.00. The molecule has 0 unspecified atom stereocenters. The number of hydrogen-bond acceptors (Lipinski definition) is 3. The van der Waals surface area contributed by atoms with Gasteiger partial charge in [0.05, 0.1) is 0 Å². The first-order chi connectivity index (χ1) is 9.00. The van der Waals surface area contributed by atoms with Crippen molar-refractivity contribution in [3.63, 3.8) is 0 Å². The summed E-state index contributed by atoms with van der Waals surface area (Å²) in [4.78, 5) is 4.01. The molecule has 1 aliphatic heterocycles. The van der Waals surface area contributed by atoms with Crippen LogP contribution < -0.4 is 0 Å². The Morgan fingerprint density at radius 3 is 2.95 bits per heavy atom. The second-order valence-electron chi connectivity index (χ2n) is 5.23. The standard InChI is InChI=1S/C13H21N3O2S/c1-12-5-4-8-16(10-12)19(17,18)15(2)11-13-6-3-7-14-9-13/h3,6-7,9,12H,4-5,8,10-11H2,1-2H3/t12-/m0/s1. The van der Waals surface area contributed by atoms with Crippen LogP contribution in [0.25, 0.3) is 0 Å². The molecule has 0 aromatic carbocycles. The van der Waals surface area contributed by atoms with E-state index in [4.69, 9.17) is 0 Å². The molecule has 1 aromatic heterocycles. The van der Waals surface area contributed by atoms with E-state index in [0.29, 0.717) is 25.6 Å². The van der Waals surface area contributed by atoms with Crippen molar-refractivity contribution in [2.75, 3.05) is 20.1 Å². The van der Waals surface area contributed by atoms with Gasteiger partial charge in [-0.05, 0) is 30.4 Å². The summed E-state index contributed by atoms with van der Waals surface area (Å²) in [5.41, 5.74) is 0.902. The Bertz CT molecular complexity index is 504. The lowest BCUT2D eigenvalue weighted by Gasteiger charge is -2.33. The zero-order valence-corrected chi connectivity index (χ0v) is 12.3. The van der Waals surface area contributed by atoms with Crippen molar-refractivity contribution in [2.24, 2.45) is 5.92 Å². The Morgan fingerprint density at radius 2 is 2.32 bits per heavy atom. The third kappa shape index (κ3) is 3.52. The molecule has 0 radical (unpaired) electrons. The summed E-state index contributed by atoms with van der Waals surface area (Å²) in [5, 5.41) is 0. The lowest BCUT2D eigenvalue weighted by molar-refractivity contribution is 0.263.